The van der Waals surface area contributed by atoms with Gasteiger partial charge in [-0.2, -0.15) is 5.10 Å². The largest absolute Gasteiger partial charge is 0.352 e. The molecule has 0 spiro atoms. The SMILES string of the molecule is Cc1cc(N2CC(C(=O)NCc3ccccc3Cn3cncn3)CC2=O)ccc1Br. The molecule has 0 aliphatic carbocycles. The maximum absolute atomic E-state index is 12.8. The van der Waals surface area contributed by atoms with E-state index in [-0.39, 0.29) is 24.2 Å². The van der Waals surface area contributed by atoms with Crippen molar-refractivity contribution in [3.63, 3.8) is 0 Å². The van der Waals surface area contributed by atoms with Gasteiger partial charge in [0.05, 0.1) is 12.5 Å². The van der Waals surface area contributed by atoms with Crippen molar-refractivity contribution in [1.29, 1.82) is 0 Å². The van der Waals surface area contributed by atoms with Crippen LogP contribution in [0, 0.1) is 12.8 Å². The first-order chi connectivity index (χ1) is 14.5. The smallest absolute Gasteiger partial charge is 0.227 e. The topological polar surface area (TPSA) is 80.1 Å². The monoisotopic (exact) mass is 467 g/mol. The van der Waals surface area contributed by atoms with Crippen molar-refractivity contribution in [1.82, 2.24) is 20.1 Å². The lowest BCUT2D eigenvalue weighted by Crippen LogP contribution is -2.33. The zero-order valence-electron chi connectivity index (χ0n) is 16.6. The lowest BCUT2D eigenvalue weighted by atomic mass is 10.1. The van der Waals surface area contributed by atoms with E-state index in [9.17, 15) is 9.59 Å². The lowest BCUT2D eigenvalue weighted by Gasteiger charge is -2.18. The Morgan fingerprint density at radius 1 is 1.23 bits per heavy atom. The minimum atomic E-state index is -0.357. The summed E-state index contributed by atoms with van der Waals surface area (Å²) in [4.78, 5) is 30.9. The highest BCUT2D eigenvalue weighted by molar-refractivity contribution is 9.10. The van der Waals surface area contributed by atoms with Crippen LogP contribution in [0.2, 0.25) is 0 Å². The molecule has 2 aromatic carbocycles. The summed E-state index contributed by atoms with van der Waals surface area (Å²) in [5.74, 6) is -0.484. The van der Waals surface area contributed by atoms with Gasteiger partial charge in [0.25, 0.3) is 0 Å². The van der Waals surface area contributed by atoms with Crippen LogP contribution < -0.4 is 10.2 Å². The van der Waals surface area contributed by atoms with E-state index >= 15 is 0 Å². The highest BCUT2D eigenvalue weighted by Gasteiger charge is 2.35. The summed E-state index contributed by atoms with van der Waals surface area (Å²) in [5, 5.41) is 7.14. The fourth-order valence-corrected chi connectivity index (χ4v) is 3.88. The van der Waals surface area contributed by atoms with Crippen molar-refractivity contribution < 1.29 is 9.59 Å². The van der Waals surface area contributed by atoms with E-state index in [1.54, 1.807) is 15.9 Å². The molecule has 1 saturated heterocycles. The van der Waals surface area contributed by atoms with E-state index in [1.165, 1.54) is 6.33 Å². The second kappa shape index (κ2) is 8.79. The number of halogens is 1. The molecular formula is C22H22BrN5O2. The molecule has 1 fully saturated rings. The van der Waals surface area contributed by atoms with Gasteiger partial charge in [-0.3, -0.25) is 9.59 Å². The molecule has 3 aromatic rings. The third-order valence-corrected chi connectivity index (χ3v) is 6.21. The van der Waals surface area contributed by atoms with Crippen LogP contribution in [0.3, 0.4) is 0 Å². The maximum Gasteiger partial charge on any atom is 0.227 e. The Balaban J connectivity index is 1.39. The molecule has 1 N–H and O–H groups in total. The molecule has 2 amide bonds. The van der Waals surface area contributed by atoms with Gasteiger partial charge in [0.2, 0.25) is 11.8 Å². The van der Waals surface area contributed by atoms with Crippen molar-refractivity contribution in [3.8, 4) is 0 Å². The number of hydrogen-bond acceptors (Lipinski definition) is 4. The Morgan fingerprint density at radius 3 is 2.77 bits per heavy atom. The van der Waals surface area contributed by atoms with E-state index in [2.05, 4.69) is 31.3 Å². The van der Waals surface area contributed by atoms with E-state index < -0.39 is 0 Å². The summed E-state index contributed by atoms with van der Waals surface area (Å²) in [6, 6.07) is 13.7. The molecule has 2 heterocycles. The zero-order valence-corrected chi connectivity index (χ0v) is 18.2. The minimum absolute atomic E-state index is 0.0246. The summed E-state index contributed by atoms with van der Waals surface area (Å²) in [6.07, 6.45) is 3.39. The standard InChI is InChI=1S/C22H22BrN5O2/c1-15-8-19(6-7-20(15)23)28-12-18(9-21(28)29)22(30)25-10-16-4-2-3-5-17(16)11-27-14-24-13-26-27/h2-8,13-14,18H,9-12H2,1H3,(H,25,30). The number of carbonyl (C=O) groups excluding carboxylic acids is 2. The van der Waals surface area contributed by atoms with Crippen LogP contribution in [-0.2, 0) is 22.7 Å². The molecule has 1 unspecified atom stereocenters. The van der Waals surface area contributed by atoms with Crippen LogP contribution in [-0.4, -0.2) is 33.1 Å². The molecule has 1 atom stereocenters. The molecule has 7 nitrogen and oxygen atoms in total. The molecule has 1 aliphatic rings. The highest BCUT2D eigenvalue weighted by atomic mass is 79.9. The van der Waals surface area contributed by atoms with E-state index in [4.69, 9.17) is 0 Å². The second-order valence-corrected chi connectivity index (χ2v) is 8.27. The third kappa shape index (κ3) is 4.43. The number of carbonyl (C=O) groups is 2. The van der Waals surface area contributed by atoms with Crippen molar-refractivity contribution in [2.24, 2.45) is 5.92 Å². The summed E-state index contributed by atoms with van der Waals surface area (Å²) >= 11 is 3.48. The average Bonchev–Trinajstić information content (AvgIpc) is 3.39. The predicted octanol–water partition coefficient (Wildman–Crippen LogP) is 3.07. The van der Waals surface area contributed by atoms with E-state index in [0.29, 0.717) is 19.6 Å². The number of aromatic nitrogens is 3. The van der Waals surface area contributed by atoms with Gasteiger partial charge in [0, 0.05) is 29.7 Å². The minimum Gasteiger partial charge on any atom is -0.352 e. The quantitative estimate of drug-likeness (QED) is 0.603. The Labute approximate surface area is 183 Å². The Hall–Kier alpha value is -3.00. The van der Waals surface area contributed by atoms with Crippen LogP contribution in [0.1, 0.15) is 23.1 Å². The van der Waals surface area contributed by atoms with Gasteiger partial charge in [0.1, 0.15) is 12.7 Å². The molecule has 154 valence electrons. The van der Waals surface area contributed by atoms with Crippen LogP contribution >= 0.6 is 15.9 Å². The van der Waals surface area contributed by atoms with Gasteiger partial charge in [-0.1, -0.05) is 40.2 Å². The van der Waals surface area contributed by atoms with E-state index in [0.717, 1.165) is 26.9 Å². The lowest BCUT2D eigenvalue weighted by molar-refractivity contribution is -0.126. The van der Waals surface area contributed by atoms with Crippen molar-refractivity contribution in [2.45, 2.75) is 26.4 Å². The third-order valence-electron chi connectivity index (χ3n) is 5.32. The Kier molecular flexibility index (Phi) is 5.94. The fourth-order valence-electron chi connectivity index (χ4n) is 3.63. The number of nitrogens with one attached hydrogen (secondary N) is 1. The molecule has 0 bridgehead atoms. The first-order valence-corrected chi connectivity index (χ1v) is 10.5. The summed E-state index contributed by atoms with van der Waals surface area (Å²) in [6.45, 7) is 3.37. The second-order valence-electron chi connectivity index (χ2n) is 7.42. The van der Waals surface area contributed by atoms with Gasteiger partial charge in [0.15, 0.2) is 0 Å². The van der Waals surface area contributed by atoms with Crippen LogP contribution in [0.25, 0.3) is 0 Å². The van der Waals surface area contributed by atoms with Gasteiger partial charge < -0.3 is 10.2 Å². The molecule has 0 radical (unpaired) electrons. The molecule has 0 saturated carbocycles. The average molecular weight is 468 g/mol. The van der Waals surface area contributed by atoms with Crippen molar-refractivity contribution >= 4 is 33.4 Å². The van der Waals surface area contributed by atoms with Crippen molar-refractivity contribution in [3.05, 3.63) is 76.3 Å². The van der Waals surface area contributed by atoms with Gasteiger partial charge in [-0.05, 0) is 41.8 Å². The summed E-state index contributed by atoms with van der Waals surface area (Å²) in [7, 11) is 0. The van der Waals surface area contributed by atoms with Gasteiger partial charge in [-0.15, -0.1) is 0 Å². The first-order valence-electron chi connectivity index (χ1n) is 9.74. The fraction of sp³-hybridized carbons (Fsp3) is 0.273. The molecule has 8 heteroatoms. The number of nitrogens with zero attached hydrogens (tertiary/aromatic N) is 4. The number of benzene rings is 2. The van der Waals surface area contributed by atoms with E-state index in [1.807, 2.05) is 49.4 Å². The number of hydrogen-bond donors (Lipinski definition) is 1. The summed E-state index contributed by atoms with van der Waals surface area (Å²) < 4.78 is 2.74. The van der Waals surface area contributed by atoms with Gasteiger partial charge in [-0.25, -0.2) is 9.67 Å². The number of amides is 2. The maximum atomic E-state index is 12.8. The molecular weight excluding hydrogens is 446 g/mol. The highest BCUT2D eigenvalue weighted by Crippen LogP contribution is 2.28. The number of rotatable bonds is 6. The van der Waals surface area contributed by atoms with Gasteiger partial charge >= 0.3 is 0 Å². The number of anilines is 1. The Morgan fingerprint density at radius 2 is 2.03 bits per heavy atom. The number of aryl methyl sites for hydroxylation is 1. The summed E-state index contributed by atoms with van der Waals surface area (Å²) in [5.41, 5.74) is 3.97. The molecule has 1 aromatic heterocycles. The van der Waals surface area contributed by atoms with Crippen LogP contribution in [0.4, 0.5) is 5.69 Å². The molecule has 1 aliphatic heterocycles. The van der Waals surface area contributed by atoms with Crippen LogP contribution in [0.5, 0.6) is 0 Å². The predicted molar refractivity (Wildman–Crippen MR) is 117 cm³/mol. The molecule has 30 heavy (non-hydrogen) atoms. The normalized spacial score (nSPS) is 16.1. The van der Waals surface area contributed by atoms with Crippen molar-refractivity contribution in [2.75, 3.05) is 11.4 Å². The molecule has 4 rings (SSSR count). The Bertz CT molecular complexity index is 1070. The van der Waals surface area contributed by atoms with Crippen LogP contribution in [0.15, 0.2) is 59.6 Å². The zero-order chi connectivity index (χ0) is 21.1. The first kappa shape index (κ1) is 20.3.